The molecular weight excluding hydrogens is 206 g/mol. The lowest BCUT2D eigenvalue weighted by atomic mass is 10.2. The minimum Gasteiger partial charge on any atom is -0.468 e. The van der Waals surface area contributed by atoms with E-state index in [-0.39, 0.29) is 12.0 Å². The van der Waals surface area contributed by atoms with Crippen LogP contribution in [0, 0.1) is 0 Å². The third-order valence-electron chi connectivity index (χ3n) is 1.92. The average Bonchev–Trinajstić information content (AvgIpc) is 2.63. The van der Waals surface area contributed by atoms with Gasteiger partial charge >= 0.3 is 5.97 Å². The lowest BCUT2D eigenvalue weighted by Crippen LogP contribution is -2.38. The van der Waals surface area contributed by atoms with Gasteiger partial charge in [0.15, 0.2) is 0 Å². The summed E-state index contributed by atoms with van der Waals surface area (Å²) in [7, 11) is 0. The van der Waals surface area contributed by atoms with Crippen molar-refractivity contribution in [2.75, 3.05) is 0 Å². The molecule has 1 N–H and O–H groups in total. The maximum atomic E-state index is 11.6. The number of furan rings is 1. The molecule has 0 radical (unpaired) electrons. The summed E-state index contributed by atoms with van der Waals surface area (Å²) in [5.74, 6) is 0.550. The van der Waals surface area contributed by atoms with Crippen molar-refractivity contribution in [3.05, 3.63) is 24.2 Å². The van der Waals surface area contributed by atoms with Gasteiger partial charge in [-0.2, -0.15) is 0 Å². The van der Waals surface area contributed by atoms with Crippen molar-refractivity contribution in [1.82, 2.24) is 5.32 Å². The van der Waals surface area contributed by atoms with Crippen LogP contribution < -0.4 is 5.32 Å². The highest BCUT2D eigenvalue weighted by atomic mass is 16.6. The molecule has 0 spiro atoms. The fourth-order valence-electron chi connectivity index (χ4n) is 1.14. The van der Waals surface area contributed by atoms with Gasteiger partial charge in [0.05, 0.1) is 12.8 Å². The van der Waals surface area contributed by atoms with Crippen LogP contribution in [0.2, 0.25) is 0 Å². The summed E-state index contributed by atoms with van der Waals surface area (Å²) in [6.45, 7) is 7.85. The number of rotatable bonds is 4. The smallest absolute Gasteiger partial charge is 0.323 e. The molecule has 0 fully saturated rings. The van der Waals surface area contributed by atoms with Gasteiger partial charge in [-0.15, -0.1) is 0 Å². The normalized spacial score (nSPS) is 13.5. The molecule has 1 heterocycles. The third kappa shape index (κ3) is 4.49. The van der Waals surface area contributed by atoms with Crippen LogP contribution in [-0.2, 0) is 16.1 Å². The minimum absolute atomic E-state index is 0.251. The lowest BCUT2D eigenvalue weighted by molar-refractivity contribution is -0.157. The van der Waals surface area contributed by atoms with Gasteiger partial charge in [0.2, 0.25) is 0 Å². The summed E-state index contributed by atoms with van der Waals surface area (Å²) in [5.41, 5.74) is -0.447. The Morgan fingerprint density at radius 3 is 2.75 bits per heavy atom. The Bertz CT molecular complexity index is 325. The predicted molar refractivity (Wildman–Crippen MR) is 60.9 cm³/mol. The summed E-state index contributed by atoms with van der Waals surface area (Å²) in [5, 5.41) is 3.04. The molecule has 90 valence electrons. The second-order valence-corrected chi connectivity index (χ2v) is 4.72. The summed E-state index contributed by atoms with van der Waals surface area (Å²) in [6.07, 6.45) is 1.61. The molecule has 0 aromatic carbocycles. The summed E-state index contributed by atoms with van der Waals surface area (Å²) in [6, 6.07) is 3.33. The molecule has 1 atom stereocenters. The third-order valence-corrected chi connectivity index (χ3v) is 1.92. The van der Waals surface area contributed by atoms with Crippen LogP contribution in [0.5, 0.6) is 0 Å². The molecule has 0 saturated carbocycles. The van der Waals surface area contributed by atoms with Crippen LogP contribution in [0.3, 0.4) is 0 Å². The van der Waals surface area contributed by atoms with Crippen LogP contribution in [0.25, 0.3) is 0 Å². The Morgan fingerprint density at radius 1 is 1.56 bits per heavy atom. The zero-order valence-corrected chi connectivity index (χ0v) is 10.2. The second kappa shape index (κ2) is 5.16. The second-order valence-electron chi connectivity index (χ2n) is 4.72. The Kier molecular flexibility index (Phi) is 4.12. The number of carbonyl (C=O) groups excluding carboxylic acids is 1. The fourth-order valence-corrected chi connectivity index (χ4v) is 1.14. The Labute approximate surface area is 96.0 Å². The van der Waals surface area contributed by atoms with E-state index < -0.39 is 5.60 Å². The Balaban J connectivity index is 2.35. The molecule has 1 unspecified atom stereocenters. The number of hydrogen-bond acceptors (Lipinski definition) is 4. The zero-order valence-electron chi connectivity index (χ0n) is 10.2. The van der Waals surface area contributed by atoms with Gasteiger partial charge in [0, 0.05) is 0 Å². The van der Waals surface area contributed by atoms with E-state index in [0.717, 1.165) is 5.76 Å². The van der Waals surface area contributed by atoms with E-state index in [2.05, 4.69) is 5.32 Å². The monoisotopic (exact) mass is 225 g/mol. The van der Waals surface area contributed by atoms with E-state index in [1.54, 1.807) is 13.2 Å². The van der Waals surface area contributed by atoms with Gasteiger partial charge in [0.25, 0.3) is 0 Å². The van der Waals surface area contributed by atoms with Crippen molar-refractivity contribution >= 4 is 5.97 Å². The quantitative estimate of drug-likeness (QED) is 0.797. The summed E-state index contributed by atoms with van der Waals surface area (Å²) >= 11 is 0. The average molecular weight is 225 g/mol. The van der Waals surface area contributed by atoms with Crippen molar-refractivity contribution in [3.63, 3.8) is 0 Å². The summed E-state index contributed by atoms with van der Waals surface area (Å²) < 4.78 is 10.4. The highest BCUT2D eigenvalue weighted by Gasteiger charge is 2.21. The minimum atomic E-state index is -0.447. The first-order chi connectivity index (χ1) is 7.38. The standard InChI is InChI=1S/C12H19NO3/c1-9(11(14)16-12(2,3)4)13-8-10-6-5-7-15-10/h5-7,9,13H,8H2,1-4H3. The van der Waals surface area contributed by atoms with Gasteiger partial charge in [0.1, 0.15) is 17.4 Å². The van der Waals surface area contributed by atoms with Crippen LogP contribution >= 0.6 is 0 Å². The predicted octanol–water partition coefficient (Wildman–Crippen LogP) is 2.10. The van der Waals surface area contributed by atoms with E-state index in [4.69, 9.17) is 9.15 Å². The molecule has 4 heteroatoms. The van der Waals surface area contributed by atoms with Crippen LogP contribution in [-0.4, -0.2) is 17.6 Å². The molecule has 0 saturated heterocycles. The van der Waals surface area contributed by atoms with E-state index in [0.29, 0.717) is 6.54 Å². The maximum absolute atomic E-state index is 11.6. The van der Waals surface area contributed by atoms with Gasteiger partial charge in [-0.25, -0.2) is 0 Å². The zero-order chi connectivity index (χ0) is 12.2. The Morgan fingerprint density at radius 2 is 2.25 bits per heavy atom. The van der Waals surface area contributed by atoms with Crippen molar-refractivity contribution < 1.29 is 13.9 Å². The van der Waals surface area contributed by atoms with E-state index in [1.165, 1.54) is 0 Å². The largest absolute Gasteiger partial charge is 0.468 e. The molecule has 0 aliphatic rings. The number of hydrogen-bond donors (Lipinski definition) is 1. The van der Waals surface area contributed by atoms with Crippen molar-refractivity contribution in [2.24, 2.45) is 0 Å². The van der Waals surface area contributed by atoms with E-state index >= 15 is 0 Å². The van der Waals surface area contributed by atoms with Gasteiger partial charge in [-0.1, -0.05) is 0 Å². The first-order valence-electron chi connectivity index (χ1n) is 5.37. The van der Waals surface area contributed by atoms with Gasteiger partial charge < -0.3 is 9.15 Å². The highest BCUT2D eigenvalue weighted by Crippen LogP contribution is 2.08. The molecular formula is C12H19NO3. The lowest BCUT2D eigenvalue weighted by Gasteiger charge is -2.22. The van der Waals surface area contributed by atoms with E-state index in [9.17, 15) is 4.79 Å². The highest BCUT2D eigenvalue weighted by molar-refractivity contribution is 5.75. The van der Waals surface area contributed by atoms with Gasteiger partial charge in [-0.05, 0) is 39.8 Å². The van der Waals surface area contributed by atoms with Gasteiger partial charge in [-0.3, -0.25) is 10.1 Å². The first kappa shape index (κ1) is 12.8. The molecule has 4 nitrogen and oxygen atoms in total. The fraction of sp³-hybridized carbons (Fsp3) is 0.583. The molecule has 0 aliphatic carbocycles. The molecule has 0 bridgehead atoms. The molecule has 1 rings (SSSR count). The Hall–Kier alpha value is -1.29. The molecule has 0 amide bonds. The number of ether oxygens (including phenoxy) is 1. The number of esters is 1. The number of carbonyl (C=O) groups is 1. The van der Waals surface area contributed by atoms with Crippen molar-refractivity contribution in [1.29, 1.82) is 0 Å². The van der Waals surface area contributed by atoms with Crippen LogP contribution in [0.4, 0.5) is 0 Å². The number of nitrogens with one attached hydrogen (secondary N) is 1. The molecule has 1 aromatic rings. The molecule has 1 aromatic heterocycles. The molecule has 16 heavy (non-hydrogen) atoms. The first-order valence-corrected chi connectivity index (χ1v) is 5.37. The molecule has 0 aliphatic heterocycles. The maximum Gasteiger partial charge on any atom is 0.323 e. The van der Waals surface area contributed by atoms with Crippen LogP contribution in [0.15, 0.2) is 22.8 Å². The topological polar surface area (TPSA) is 51.5 Å². The van der Waals surface area contributed by atoms with Crippen molar-refractivity contribution in [2.45, 2.75) is 45.9 Å². The van der Waals surface area contributed by atoms with Crippen LogP contribution in [0.1, 0.15) is 33.5 Å². The van der Waals surface area contributed by atoms with E-state index in [1.807, 2.05) is 32.9 Å². The summed E-state index contributed by atoms with van der Waals surface area (Å²) in [4.78, 5) is 11.6. The SMILES string of the molecule is CC(NCc1ccco1)C(=O)OC(C)(C)C. The van der Waals surface area contributed by atoms with Crippen molar-refractivity contribution in [3.8, 4) is 0 Å².